The molecule has 31 heavy (non-hydrogen) atoms. The fraction of sp³-hybridized carbons (Fsp3) is 0.391. The van der Waals surface area contributed by atoms with Crippen LogP contribution in [0.25, 0.3) is 11.3 Å². The minimum atomic E-state index is -0.598. The number of hydrogen-bond donors (Lipinski definition) is 0. The van der Waals surface area contributed by atoms with Crippen LogP contribution in [-0.2, 0) is 4.79 Å². The Hall–Kier alpha value is -2.45. The highest BCUT2D eigenvalue weighted by atomic mass is 32.2. The summed E-state index contributed by atoms with van der Waals surface area (Å²) in [6.07, 6.45) is 4.19. The van der Waals surface area contributed by atoms with Crippen molar-refractivity contribution in [3.8, 4) is 17.1 Å². The third-order valence-electron chi connectivity index (χ3n) is 5.21. The number of benzene rings is 1. The SMILES string of the molecule is CCCCCCSc1nnc2c(n1)O[C@@H](c1sccc1C)N(C(C)=O)c1ccccc1-2. The van der Waals surface area contributed by atoms with E-state index in [9.17, 15) is 4.79 Å². The molecule has 3 aromatic rings. The molecule has 3 heterocycles. The third-order valence-corrected chi connectivity index (χ3v) is 7.18. The van der Waals surface area contributed by atoms with E-state index >= 15 is 0 Å². The molecule has 1 aliphatic heterocycles. The smallest absolute Gasteiger partial charge is 0.247 e. The van der Waals surface area contributed by atoms with Crippen molar-refractivity contribution in [1.82, 2.24) is 15.2 Å². The number of fused-ring (bicyclic) bond motifs is 3. The Morgan fingerprint density at radius 3 is 2.77 bits per heavy atom. The van der Waals surface area contributed by atoms with Crippen molar-refractivity contribution in [1.29, 1.82) is 0 Å². The highest BCUT2D eigenvalue weighted by Crippen LogP contribution is 2.44. The van der Waals surface area contributed by atoms with E-state index < -0.39 is 6.23 Å². The van der Waals surface area contributed by atoms with Crippen molar-refractivity contribution in [2.45, 2.75) is 57.8 Å². The van der Waals surface area contributed by atoms with Crippen molar-refractivity contribution in [3.05, 3.63) is 46.2 Å². The minimum absolute atomic E-state index is 0.100. The van der Waals surface area contributed by atoms with Crippen LogP contribution in [-0.4, -0.2) is 26.8 Å². The molecule has 6 nitrogen and oxygen atoms in total. The van der Waals surface area contributed by atoms with Crippen LogP contribution in [0.1, 0.15) is 56.2 Å². The Morgan fingerprint density at radius 1 is 1.19 bits per heavy atom. The van der Waals surface area contributed by atoms with Gasteiger partial charge < -0.3 is 4.74 Å². The number of aryl methyl sites for hydroxylation is 1. The van der Waals surface area contributed by atoms with Gasteiger partial charge in [0.1, 0.15) is 0 Å². The first-order chi connectivity index (χ1) is 15.1. The number of unbranched alkanes of at least 4 members (excludes halogenated alkanes) is 3. The first-order valence-electron chi connectivity index (χ1n) is 10.6. The first-order valence-corrected chi connectivity index (χ1v) is 12.4. The lowest BCUT2D eigenvalue weighted by molar-refractivity contribution is -0.118. The number of anilines is 1. The van der Waals surface area contributed by atoms with Crippen LogP contribution in [0.3, 0.4) is 0 Å². The summed E-state index contributed by atoms with van der Waals surface area (Å²) in [7, 11) is 0. The van der Waals surface area contributed by atoms with E-state index in [2.05, 4.69) is 17.1 Å². The number of ether oxygens (including phenoxy) is 1. The monoisotopic (exact) mass is 454 g/mol. The zero-order chi connectivity index (χ0) is 21.8. The van der Waals surface area contributed by atoms with Gasteiger partial charge in [0.25, 0.3) is 0 Å². The summed E-state index contributed by atoms with van der Waals surface area (Å²) in [5, 5.41) is 11.4. The minimum Gasteiger partial charge on any atom is -0.446 e. The largest absolute Gasteiger partial charge is 0.446 e. The molecule has 0 radical (unpaired) electrons. The number of hydrogen-bond acceptors (Lipinski definition) is 7. The average Bonchev–Trinajstić information content (AvgIpc) is 3.13. The highest BCUT2D eigenvalue weighted by Gasteiger charge is 2.35. The molecule has 0 fully saturated rings. The zero-order valence-electron chi connectivity index (χ0n) is 18.0. The van der Waals surface area contributed by atoms with Gasteiger partial charge in [-0.25, -0.2) is 0 Å². The van der Waals surface area contributed by atoms with Gasteiger partial charge in [-0.2, -0.15) is 4.98 Å². The Balaban J connectivity index is 1.74. The summed E-state index contributed by atoms with van der Waals surface area (Å²) in [4.78, 5) is 20.1. The first kappa shape index (κ1) is 21.8. The summed E-state index contributed by atoms with van der Waals surface area (Å²) < 4.78 is 6.41. The van der Waals surface area contributed by atoms with Crippen LogP contribution in [0.4, 0.5) is 5.69 Å². The summed E-state index contributed by atoms with van der Waals surface area (Å²) in [5.74, 6) is 1.26. The number of para-hydroxylation sites is 1. The van der Waals surface area contributed by atoms with Gasteiger partial charge in [0.15, 0.2) is 5.69 Å². The summed E-state index contributed by atoms with van der Waals surface area (Å²) >= 11 is 3.17. The molecule has 8 heteroatoms. The molecule has 0 spiro atoms. The van der Waals surface area contributed by atoms with Crippen molar-refractivity contribution < 1.29 is 9.53 Å². The van der Waals surface area contributed by atoms with Crippen molar-refractivity contribution in [2.24, 2.45) is 0 Å². The average molecular weight is 455 g/mol. The van der Waals surface area contributed by atoms with Crippen LogP contribution in [0.5, 0.6) is 5.88 Å². The lowest BCUT2D eigenvalue weighted by Gasteiger charge is -2.29. The van der Waals surface area contributed by atoms with E-state index in [-0.39, 0.29) is 5.91 Å². The molecule has 1 aromatic carbocycles. The van der Waals surface area contributed by atoms with Gasteiger partial charge in [0.2, 0.25) is 23.2 Å². The Labute approximate surface area is 191 Å². The predicted molar refractivity (Wildman–Crippen MR) is 126 cm³/mol. The lowest BCUT2D eigenvalue weighted by atomic mass is 10.1. The summed E-state index contributed by atoms with van der Waals surface area (Å²) in [6, 6.07) is 9.73. The summed E-state index contributed by atoms with van der Waals surface area (Å²) in [6.45, 7) is 5.79. The van der Waals surface area contributed by atoms with E-state index in [0.29, 0.717) is 16.7 Å². The maximum Gasteiger partial charge on any atom is 0.247 e. The predicted octanol–water partition coefficient (Wildman–Crippen LogP) is 6.03. The molecule has 0 N–H and O–H groups in total. The van der Waals surface area contributed by atoms with Crippen LogP contribution in [0.2, 0.25) is 0 Å². The fourth-order valence-electron chi connectivity index (χ4n) is 3.61. The zero-order valence-corrected chi connectivity index (χ0v) is 19.6. The molecule has 2 aromatic heterocycles. The number of amides is 1. The number of carbonyl (C=O) groups excluding carboxylic acids is 1. The molecule has 0 unspecified atom stereocenters. The molecule has 1 aliphatic rings. The number of rotatable bonds is 7. The van der Waals surface area contributed by atoms with E-state index in [0.717, 1.165) is 33.9 Å². The Morgan fingerprint density at radius 2 is 2.03 bits per heavy atom. The molecule has 162 valence electrons. The fourth-order valence-corrected chi connectivity index (χ4v) is 5.33. The molecule has 1 amide bonds. The van der Waals surface area contributed by atoms with Crippen LogP contribution >= 0.6 is 23.1 Å². The Kier molecular flexibility index (Phi) is 6.87. The maximum absolute atomic E-state index is 12.8. The normalized spacial score (nSPS) is 15.1. The molecule has 0 bridgehead atoms. The van der Waals surface area contributed by atoms with E-state index in [1.807, 2.05) is 42.6 Å². The van der Waals surface area contributed by atoms with Gasteiger partial charge in [-0.3, -0.25) is 9.69 Å². The summed E-state index contributed by atoms with van der Waals surface area (Å²) in [5.41, 5.74) is 3.19. The number of nitrogens with zero attached hydrogens (tertiary/aromatic N) is 4. The molecule has 0 saturated carbocycles. The van der Waals surface area contributed by atoms with E-state index in [1.165, 1.54) is 19.3 Å². The van der Waals surface area contributed by atoms with Crippen LogP contribution < -0.4 is 9.64 Å². The van der Waals surface area contributed by atoms with Gasteiger partial charge in [0, 0.05) is 18.2 Å². The topological polar surface area (TPSA) is 68.2 Å². The number of aromatic nitrogens is 3. The molecular formula is C23H26N4O2S2. The Bertz CT molecular complexity index is 1070. The molecule has 0 saturated heterocycles. The number of thioether (sulfide) groups is 1. The maximum atomic E-state index is 12.8. The van der Waals surface area contributed by atoms with Gasteiger partial charge in [-0.1, -0.05) is 56.1 Å². The quantitative estimate of drug-likeness (QED) is 0.321. The van der Waals surface area contributed by atoms with Gasteiger partial charge in [0.05, 0.1) is 10.6 Å². The highest BCUT2D eigenvalue weighted by molar-refractivity contribution is 7.99. The molecule has 4 rings (SSSR count). The number of carbonyl (C=O) groups is 1. The second-order valence-electron chi connectivity index (χ2n) is 7.50. The standard InChI is InChI=1S/C23H26N4O2S2/c1-4-5-6-9-13-31-23-24-21-19(25-26-23)17-10-7-8-11-18(17)27(16(3)28)22(29-21)20-15(2)12-14-30-20/h7-8,10-12,14,22H,4-6,9,13H2,1-3H3/t22-/m0/s1. The van der Waals surface area contributed by atoms with Crippen molar-refractivity contribution in [2.75, 3.05) is 10.7 Å². The van der Waals surface area contributed by atoms with E-state index in [4.69, 9.17) is 9.72 Å². The molecule has 1 atom stereocenters. The van der Waals surface area contributed by atoms with Crippen molar-refractivity contribution in [3.63, 3.8) is 0 Å². The number of thiophene rings is 1. The van der Waals surface area contributed by atoms with Gasteiger partial charge >= 0.3 is 0 Å². The molecule has 0 aliphatic carbocycles. The van der Waals surface area contributed by atoms with Gasteiger partial charge in [-0.15, -0.1) is 21.5 Å². The lowest BCUT2D eigenvalue weighted by Crippen LogP contribution is -2.35. The second-order valence-corrected chi connectivity index (χ2v) is 9.51. The van der Waals surface area contributed by atoms with Crippen LogP contribution in [0.15, 0.2) is 40.9 Å². The second kappa shape index (κ2) is 9.78. The van der Waals surface area contributed by atoms with E-state index in [1.54, 1.807) is 34.9 Å². The van der Waals surface area contributed by atoms with Crippen molar-refractivity contribution >= 4 is 34.7 Å². The third kappa shape index (κ3) is 4.60. The van der Waals surface area contributed by atoms with Gasteiger partial charge in [-0.05, 0) is 36.4 Å². The molecular weight excluding hydrogens is 428 g/mol. The van der Waals surface area contributed by atoms with Crippen LogP contribution in [0, 0.1) is 6.92 Å².